The molecule has 0 fully saturated rings. The number of hydrogen-bond acceptors (Lipinski definition) is 8. The van der Waals surface area contributed by atoms with Gasteiger partial charge in [0.25, 0.3) is 0 Å². The first-order valence-electron chi connectivity index (χ1n) is 8.36. The first-order chi connectivity index (χ1) is 14.2. The molecule has 0 N–H and O–H groups in total. The molecule has 3 rings (SSSR count). The second-order valence-corrected chi connectivity index (χ2v) is 5.41. The smallest absolute Gasteiger partial charge is 0.339 e. The van der Waals surface area contributed by atoms with Crippen LogP contribution in [0.5, 0.6) is 29.0 Å². The van der Waals surface area contributed by atoms with Crippen LogP contribution >= 0.6 is 0 Å². The fourth-order valence-electron chi connectivity index (χ4n) is 2.19. The average molecular weight is 389 g/mol. The number of methoxy groups -OCH3 is 1. The number of ether oxygens (including phenoxy) is 4. The van der Waals surface area contributed by atoms with Crippen LogP contribution in [0.4, 0.5) is 0 Å². The molecule has 0 spiro atoms. The lowest BCUT2D eigenvalue weighted by molar-refractivity contribution is -0.129. The van der Waals surface area contributed by atoms with Crippen LogP contribution in [-0.2, 0) is 9.53 Å². The molecule has 1 heterocycles. The Bertz CT molecular complexity index is 1080. The van der Waals surface area contributed by atoms with Gasteiger partial charge >= 0.3 is 5.97 Å². The molecule has 144 valence electrons. The molecule has 0 atom stereocenters. The van der Waals surface area contributed by atoms with Gasteiger partial charge in [0.1, 0.15) is 18.1 Å². The van der Waals surface area contributed by atoms with Gasteiger partial charge in [-0.2, -0.15) is 5.26 Å². The Labute approximate surface area is 166 Å². The maximum absolute atomic E-state index is 11.8. The van der Waals surface area contributed by atoms with Gasteiger partial charge in [0.2, 0.25) is 11.8 Å². The number of hydrogen-bond donors (Lipinski definition) is 0. The Kier molecular flexibility index (Phi) is 6.37. The van der Waals surface area contributed by atoms with Crippen molar-refractivity contribution in [3.8, 4) is 35.1 Å². The first kappa shape index (κ1) is 19.4. The minimum absolute atomic E-state index is 0.167. The van der Waals surface area contributed by atoms with E-state index in [0.717, 1.165) is 6.08 Å². The second kappa shape index (κ2) is 9.53. The Balaban J connectivity index is 1.78. The molecule has 0 aliphatic heterocycles. The Morgan fingerprint density at radius 3 is 2.28 bits per heavy atom. The third-order valence-electron chi connectivity index (χ3n) is 3.45. The number of para-hydroxylation sites is 3. The van der Waals surface area contributed by atoms with Crippen molar-refractivity contribution in [3.63, 3.8) is 0 Å². The maximum Gasteiger partial charge on any atom is 0.339 e. The van der Waals surface area contributed by atoms with Gasteiger partial charge in [-0.3, -0.25) is 0 Å². The molecular formula is C21H15N3O5. The van der Waals surface area contributed by atoms with Crippen LogP contribution in [-0.4, -0.2) is 23.0 Å². The lowest BCUT2D eigenvalue weighted by Crippen LogP contribution is -2.05. The minimum Gasteiger partial charge on any atom is -0.504 e. The molecular weight excluding hydrogens is 374 g/mol. The van der Waals surface area contributed by atoms with Crippen LogP contribution in [0, 0.1) is 11.3 Å². The van der Waals surface area contributed by atoms with E-state index in [1.54, 1.807) is 48.5 Å². The molecule has 0 saturated carbocycles. The Hall–Kier alpha value is -4.38. The fourth-order valence-corrected chi connectivity index (χ4v) is 2.19. The third-order valence-corrected chi connectivity index (χ3v) is 3.45. The van der Waals surface area contributed by atoms with E-state index in [1.807, 2.05) is 6.07 Å². The highest BCUT2D eigenvalue weighted by Gasteiger charge is 2.11. The number of esters is 1. The summed E-state index contributed by atoms with van der Waals surface area (Å²) in [6.07, 6.45) is 3.61. The van der Waals surface area contributed by atoms with Gasteiger partial charge in [-0.05, 0) is 24.3 Å². The van der Waals surface area contributed by atoms with E-state index in [0.29, 0.717) is 11.3 Å². The molecule has 0 amide bonds. The molecule has 0 aliphatic carbocycles. The predicted molar refractivity (Wildman–Crippen MR) is 102 cm³/mol. The van der Waals surface area contributed by atoms with Gasteiger partial charge in [-0.1, -0.05) is 24.3 Å². The van der Waals surface area contributed by atoms with E-state index in [2.05, 4.69) is 9.97 Å². The van der Waals surface area contributed by atoms with Crippen molar-refractivity contribution in [2.45, 2.75) is 0 Å². The van der Waals surface area contributed by atoms with Gasteiger partial charge in [0.15, 0.2) is 11.5 Å². The molecule has 29 heavy (non-hydrogen) atoms. The van der Waals surface area contributed by atoms with Crippen LogP contribution in [0.1, 0.15) is 5.56 Å². The molecule has 0 aliphatic rings. The summed E-state index contributed by atoms with van der Waals surface area (Å²) >= 11 is 0. The normalized spacial score (nSPS) is 10.2. The highest BCUT2D eigenvalue weighted by molar-refractivity contribution is 5.84. The summed E-state index contributed by atoms with van der Waals surface area (Å²) in [5, 5.41) is 9.16. The van der Waals surface area contributed by atoms with Gasteiger partial charge in [0, 0.05) is 0 Å². The quantitative estimate of drug-likeness (QED) is 0.258. The zero-order valence-corrected chi connectivity index (χ0v) is 15.3. The number of rotatable bonds is 7. The minimum atomic E-state index is -0.622. The van der Waals surface area contributed by atoms with E-state index >= 15 is 0 Å². The van der Waals surface area contributed by atoms with Gasteiger partial charge in [-0.15, -0.1) is 0 Å². The SMILES string of the molecule is CO/C=C/C(=O)Oc1ccccc1Oc1cc(Oc2ccccc2C#N)ncn1. The lowest BCUT2D eigenvalue weighted by atomic mass is 10.2. The summed E-state index contributed by atoms with van der Waals surface area (Å²) in [4.78, 5) is 19.8. The highest BCUT2D eigenvalue weighted by atomic mass is 16.6. The number of carbonyl (C=O) groups excluding carboxylic acids is 1. The molecule has 1 aromatic heterocycles. The van der Waals surface area contributed by atoms with Crippen LogP contribution in [0.2, 0.25) is 0 Å². The summed E-state index contributed by atoms with van der Waals surface area (Å²) in [7, 11) is 1.42. The van der Waals surface area contributed by atoms with Gasteiger partial charge in [0.05, 0.1) is 31.1 Å². The van der Waals surface area contributed by atoms with Crippen LogP contribution in [0.25, 0.3) is 0 Å². The van der Waals surface area contributed by atoms with E-state index in [-0.39, 0.29) is 23.3 Å². The van der Waals surface area contributed by atoms with Crippen molar-refractivity contribution in [1.29, 1.82) is 5.26 Å². The molecule has 0 radical (unpaired) electrons. The van der Waals surface area contributed by atoms with E-state index in [4.69, 9.17) is 24.2 Å². The van der Waals surface area contributed by atoms with E-state index in [9.17, 15) is 4.79 Å². The maximum atomic E-state index is 11.8. The number of benzene rings is 2. The summed E-state index contributed by atoms with van der Waals surface area (Å²) in [5.41, 5.74) is 0.370. The third kappa shape index (κ3) is 5.30. The Morgan fingerprint density at radius 2 is 1.59 bits per heavy atom. The van der Waals surface area contributed by atoms with Gasteiger partial charge < -0.3 is 18.9 Å². The zero-order valence-electron chi connectivity index (χ0n) is 15.3. The molecule has 0 unspecified atom stereocenters. The molecule has 8 nitrogen and oxygen atoms in total. The molecule has 0 bridgehead atoms. The van der Waals surface area contributed by atoms with Crippen LogP contribution in [0.15, 0.2) is 73.3 Å². The van der Waals surface area contributed by atoms with Crippen LogP contribution in [0.3, 0.4) is 0 Å². The average Bonchev–Trinajstić information content (AvgIpc) is 2.74. The highest BCUT2D eigenvalue weighted by Crippen LogP contribution is 2.32. The molecule has 2 aromatic carbocycles. The number of nitrogens with zero attached hydrogens (tertiary/aromatic N) is 3. The Morgan fingerprint density at radius 1 is 0.966 bits per heavy atom. The topological polar surface area (TPSA) is 104 Å². The summed E-state index contributed by atoms with van der Waals surface area (Å²) in [6.45, 7) is 0. The second-order valence-electron chi connectivity index (χ2n) is 5.41. The van der Waals surface area contributed by atoms with Crippen molar-refractivity contribution in [1.82, 2.24) is 9.97 Å². The predicted octanol–water partition coefficient (Wildman–Crippen LogP) is 4.00. The number of aromatic nitrogens is 2. The largest absolute Gasteiger partial charge is 0.504 e. The fraction of sp³-hybridized carbons (Fsp3) is 0.0476. The summed E-state index contributed by atoms with van der Waals surface area (Å²) in [6, 6.07) is 16.9. The number of carbonyl (C=O) groups is 1. The van der Waals surface area contributed by atoms with E-state index < -0.39 is 5.97 Å². The van der Waals surface area contributed by atoms with Crippen LogP contribution < -0.4 is 14.2 Å². The molecule has 0 saturated heterocycles. The van der Waals surface area contributed by atoms with Crippen molar-refractivity contribution in [3.05, 3.63) is 78.8 Å². The molecule has 8 heteroatoms. The van der Waals surface area contributed by atoms with Gasteiger partial charge in [-0.25, -0.2) is 14.8 Å². The molecule has 3 aromatic rings. The summed E-state index contributed by atoms with van der Waals surface area (Å²) in [5.74, 6) is 0.570. The lowest BCUT2D eigenvalue weighted by Gasteiger charge is -2.11. The zero-order chi connectivity index (χ0) is 20.5. The van der Waals surface area contributed by atoms with Crippen molar-refractivity contribution in [2.75, 3.05) is 7.11 Å². The summed E-state index contributed by atoms with van der Waals surface area (Å²) < 4.78 is 21.3. The first-order valence-corrected chi connectivity index (χ1v) is 8.36. The van der Waals surface area contributed by atoms with Crippen molar-refractivity contribution >= 4 is 5.97 Å². The number of nitriles is 1. The monoisotopic (exact) mass is 389 g/mol. The van der Waals surface area contributed by atoms with Crippen molar-refractivity contribution in [2.24, 2.45) is 0 Å². The van der Waals surface area contributed by atoms with Crippen molar-refractivity contribution < 1.29 is 23.7 Å². The van der Waals surface area contributed by atoms with E-state index in [1.165, 1.54) is 25.8 Å². The standard InChI is InChI=1S/C21H15N3O5/c1-26-11-10-21(25)29-18-9-5-4-8-17(18)28-20-12-19(23-14-24-20)27-16-7-3-2-6-15(16)13-22/h2-12,14H,1H3/b11-10+.